The number of thiazole rings is 1. The van der Waals surface area contributed by atoms with Crippen molar-refractivity contribution in [2.45, 2.75) is 6.54 Å². The van der Waals surface area contributed by atoms with Crippen LogP contribution in [0.3, 0.4) is 0 Å². The number of hydrogen-bond acceptors (Lipinski definition) is 6. The largest absolute Gasteiger partial charge is 0.493 e. The van der Waals surface area contributed by atoms with Gasteiger partial charge in [-0.2, -0.15) is 0 Å². The Balaban J connectivity index is 1.64. The first-order chi connectivity index (χ1) is 15.0. The average Bonchev–Trinajstić information content (AvgIpc) is 3.20. The van der Waals surface area contributed by atoms with E-state index in [0.29, 0.717) is 16.2 Å². The number of nitrogens with zero attached hydrogens (tertiary/aromatic N) is 3. The molecule has 0 unspecified atom stereocenters. The molecule has 2 aromatic carbocycles. The van der Waals surface area contributed by atoms with Crippen molar-refractivity contribution in [2.75, 3.05) is 18.6 Å². The van der Waals surface area contributed by atoms with Crippen molar-refractivity contribution in [1.29, 1.82) is 0 Å². The monoisotopic (exact) mass is 441 g/mol. The number of pyridine rings is 1. The van der Waals surface area contributed by atoms with Gasteiger partial charge in [-0.3, -0.25) is 14.7 Å². The zero-order valence-electron chi connectivity index (χ0n) is 16.4. The summed E-state index contributed by atoms with van der Waals surface area (Å²) in [6.45, 7) is -0.153. The molecule has 6 nitrogen and oxygen atoms in total. The van der Waals surface area contributed by atoms with Crippen molar-refractivity contribution in [3.05, 3.63) is 78.1 Å². The van der Waals surface area contributed by atoms with Crippen LogP contribution >= 0.6 is 11.3 Å². The van der Waals surface area contributed by atoms with E-state index in [9.17, 15) is 13.6 Å². The van der Waals surface area contributed by atoms with Crippen molar-refractivity contribution < 1.29 is 23.0 Å². The van der Waals surface area contributed by atoms with Gasteiger partial charge in [-0.1, -0.05) is 29.5 Å². The highest BCUT2D eigenvalue weighted by molar-refractivity contribution is 7.22. The number of methoxy groups -OCH3 is 1. The minimum Gasteiger partial charge on any atom is -0.493 e. The number of anilines is 1. The lowest BCUT2D eigenvalue weighted by Gasteiger charge is -2.20. The van der Waals surface area contributed by atoms with Crippen molar-refractivity contribution in [1.82, 2.24) is 9.97 Å². The Labute approximate surface area is 180 Å². The van der Waals surface area contributed by atoms with E-state index < -0.39 is 17.5 Å². The Morgan fingerprint density at radius 1 is 1.13 bits per heavy atom. The predicted octanol–water partition coefficient (Wildman–Crippen LogP) is 4.59. The van der Waals surface area contributed by atoms with Gasteiger partial charge < -0.3 is 9.47 Å². The fourth-order valence-electron chi connectivity index (χ4n) is 2.95. The third-order valence-corrected chi connectivity index (χ3v) is 5.44. The van der Waals surface area contributed by atoms with E-state index in [1.807, 2.05) is 6.07 Å². The van der Waals surface area contributed by atoms with Crippen LogP contribution in [0.1, 0.15) is 5.56 Å². The number of fused-ring (bicyclic) bond motifs is 1. The minimum absolute atomic E-state index is 0.0102. The molecular formula is C22H17F2N3O3S. The molecule has 2 heterocycles. The molecule has 0 N–H and O–H groups in total. The first kappa shape index (κ1) is 20.7. The van der Waals surface area contributed by atoms with Crippen LogP contribution in [0.4, 0.5) is 13.9 Å². The molecule has 0 atom stereocenters. The Morgan fingerprint density at radius 2 is 1.94 bits per heavy atom. The number of aromatic nitrogens is 2. The molecule has 2 aromatic heterocycles. The van der Waals surface area contributed by atoms with Gasteiger partial charge in [0.15, 0.2) is 29.1 Å². The molecule has 0 bridgehead atoms. The lowest BCUT2D eigenvalue weighted by Crippen LogP contribution is -2.34. The summed E-state index contributed by atoms with van der Waals surface area (Å²) in [4.78, 5) is 22.8. The normalized spacial score (nSPS) is 10.8. The third kappa shape index (κ3) is 4.61. The number of carbonyl (C=O) groups excluding carboxylic acids is 1. The molecule has 0 aliphatic heterocycles. The number of hydrogen-bond donors (Lipinski definition) is 0. The molecule has 4 aromatic rings. The summed E-state index contributed by atoms with van der Waals surface area (Å²) >= 11 is 1.02. The van der Waals surface area contributed by atoms with Gasteiger partial charge in [0.1, 0.15) is 11.3 Å². The quantitative estimate of drug-likeness (QED) is 0.420. The molecule has 0 radical (unpaired) electrons. The van der Waals surface area contributed by atoms with Gasteiger partial charge in [-0.05, 0) is 29.8 Å². The second kappa shape index (κ2) is 9.05. The maximum absolute atomic E-state index is 14.2. The van der Waals surface area contributed by atoms with Crippen molar-refractivity contribution in [3.63, 3.8) is 0 Å². The Kier molecular flexibility index (Phi) is 6.03. The number of para-hydroxylation sites is 2. The van der Waals surface area contributed by atoms with Crippen molar-refractivity contribution in [3.8, 4) is 11.5 Å². The smallest absolute Gasteiger partial charge is 0.267 e. The summed E-state index contributed by atoms with van der Waals surface area (Å²) < 4.78 is 39.0. The molecule has 0 saturated heterocycles. The van der Waals surface area contributed by atoms with Crippen LogP contribution in [-0.4, -0.2) is 29.6 Å². The second-order valence-electron chi connectivity index (χ2n) is 6.51. The Hall–Kier alpha value is -3.59. The molecule has 0 aliphatic carbocycles. The summed E-state index contributed by atoms with van der Waals surface area (Å²) in [6, 6.07) is 12.5. The van der Waals surface area contributed by atoms with Crippen molar-refractivity contribution in [2.24, 2.45) is 0 Å². The van der Waals surface area contributed by atoms with Gasteiger partial charge in [-0.15, -0.1) is 0 Å². The van der Waals surface area contributed by atoms with Crippen LogP contribution in [0, 0.1) is 11.6 Å². The van der Waals surface area contributed by atoms with Gasteiger partial charge in [0, 0.05) is 18.5 Å². The molecule has 0 fully saturated rings. The first-order valence-electron chi connectivity index (χ1n) is 9.26. The molecule has 31 heavy (non-hydrogen) atoms. The van der Waals surface area contributed by atoms with Crippen LogP contribution in [0.15, 0.2) is 60.9 Å². The van der Waals surface area contributed by atoms with Gasteiger partial charge in [0.25, 0.3) is 5.91 Å². The van der Waals surface area contributed by atoms with E-state index in [0.717, 1.165) is 23.0 Å². The highest BCUT2D eigenvalue weighted by Crippen LogP contribution is 2.32. The summed E-state index contributed by atoms with van der Waals surface area (Å²) in [5, 5.41) is 0.233. The van der Waals surface area contributed by atoms with E-state index in [4.69, 9.17) is 9.47 Å². The van der Waals surface area contributed by atoms with Gasteiger partial charge in [0.2, 0.25) is 0 Å². The van der Waals surface area contributed by atoms with E-state index in [2.05, 4.69) is 9.97 Å². The molecule has 4 rings (SSSR count). The molecule has 1 amide bonds. The summed E-state index contributed by atoms with van der Waals surface area (Å²) in [7, 11) is 1.51. The summed E-state index contributed by atoms with van der Waals surface area (Å²) in [5.41, 5.74) is 0.759. The first-order valence-corrected chi connectivity index (χ1v) is 10.1. The van der Waals surface area contributed by atoms with Gasteiger partial charge >= 0.3 is 0 Å². The maximum atomic E-state index is 14.2. The number of rotatable bonds is 7. The standard InChI is InChI=1S/C22H17F2N3O3S/c1-29-17-6-2-3-7-18(17)30-13-20(28)27(12-14-5-4-8-25-11-14)22-26-21-16(24)9-15(23)10-19(21)31-22/h2-11H,12-13H2,1H3. The predicted molar refractivity (Wildman–Crippen MR) is 113 cm³/mol. The second-order valence-corrected chi connectivity index (χ2v) is 7.52. The fourth-order valence-corrected chi connectivity index (χ4v) is 3.97. The van der Waals surface area contributed by atoms with Crippen LogP contribution in [0.2, 0.25) is 0 Å². The lowest BCUT2D eigenvalue weighted by molar-refractivity contribution is -0.120. The number of benzene rings is 2. The molecule has 0 aliphatic rings. The van der Waals surface area contributed by atoms with Crippen molar-refractivity contribution >= 4 is 32.6 Å². The van der Waals surface area contributed by atoms with Crippen LogP contribution < -0.4 is 14.4 Å². The number of halogens is 2. The zero-order valence-corrected chi connectivity index (χ0v) is 17.2. The molecule has 158 valence electrons. The SMILES string of the molecule is COc1ccccc1OCC(=O)N(Cc1cccnc1)c1nc2c(F)cc(F)cc2s1. The summed E-state index contributed by atoms with van der Waals surface area (Å²) in [5.74, 6) is -0.986. The van der Waals surface area contributed by atoms with E-state index in [-0.39, 0.29) is 23.8 Å². The minimum atomic E-state index is -0.781. The topological polar surface area (TPSA) is 64.6 Å². The number of amides is 1. The van der Waals surface area contributed by atoms with E-state index in [1.54, 1.807) is 42.7 Å². The van der Waals surface area contributed by atoms with Crippen LogP contribution in [-0.2, 0) is 11.3 Å². The molecule has 0 saturated carbocycles. The van der Waals surface area contributed by atoms with Gasteiger partial charge in [0.05, 0.1) is 18.4 Å². The lowest BCUT2D eigenvalue weighted by atomic mass is 10.2. The Bertz CT molecular complexity index is 1220. The zero-order chi connectivity index (χ0) is 21.8. The highest BCUT2D eigenvalue weighted by Gasteiger charge is 2.23. The molecular weight excluding hydrogens is 424 g/mol. The highest BCUT2D eigenvalue weighted by atomic mass is 32.1. The van der Waals surface area contributed by atoms with E-state index in [1.165, 1.54) is 18.1 Å². The third-order valence-electron chi connectivity index (χ3n) is 4.42. The maximum Gasteiger partial charge on any atom is 0.267 e. The van der Waals surface area contributed by atoms with Crippen LogP contribution in [0.25, 0.3) is 10.2 Å². The fraction of sp³-hybridized carbons (Fsp3) is 0.136. The van der Waals surface area contributed by atoms with Gasteiger partial charge in [-0.25, -0.2) is 13.8 Å². The number of ether oxygens (including phenoxy) is 2. The molecule has 9 heteroatoms. The molecule has 0 spiro atoms. The van der Waals surface area contributed by atoms with E-state index >= 15 is 0 Å². The number of carbonyl (C=O) groups is 1. The Morgan fingerprint density at radius 3 is 2.68 bits per heavy atom. The average molecular weight is 441 g/mol. The summed E-state index contributed by atoms with van der Waals surface area (Å²) in [6.07, 6.45) is 3.24. The van der Waals surface area contributed by atoms with Crippen LogP contribution in [0.5, 0.6) is 11.5 Å².